The maximum Gasteiger partial charge on any atom is 0.315 e. The minimum Gasteiger partial charge on any atom is -0.493 e. The first kappa shape index (κ1) is 22.0. The lowest BCUT2D eigenvalue weighted by atomic mass is 9.87. The molecule has 0 saturated heterocycles. The third kappa shape index (κ3) is 5.05. The largest absolute Gasteiger partial charge is 0.493 e. The predicted octanol–water partition coefficient (Wildman–Crippen LogP) is 3.90. The van der Waals surface area contributed by atoms with Gasteiger partial charge in [0.1, 0.15) is 0 Å². The molecule has 0 fully saturated rings. The van der Waals surface area contributed by atoms with Crippen molar-refractivity contribution in [3.05, 3.63) is 59.2 Å². The summed E-state index contributed by atoms with van der Waals surface area (Å²) < 4.78 is 11.1. The molecule has 2 aromatic carbocycles. The van der Waals surface area contributed by atoms with E-state index in [1.54, 1.807) is 14.2 Å². The van der Waals surface area contributed by atoms with Gasteiger partial charge in [-0.25, -0.2) is 4.79 Å². The predicted molar refractivity (Wildman–Crippen MR) is 119 cm³/mol. The van der Waals surface area contributed by atoms with E-state index in [1.807, 2.05) is 19.9 Å². The van der Waals surface area contributed by atoms with Crippen molar-refractivity contribution in [1.29, 1.82) is 0 Å². The standard InChI is InChI=1S/C24H33N3O3/c1-16(2)25-24(28)26-17(3)23-20-14-22(30-5)21(29-4)13-19(20)11-12-27(23)15-18-9-7-6-8-10-18/h6-10,13-14,16-17,23H,11-12,15H2,1-5H3,(H2,25,26,28)/t17-,23+/m1/s1. The van der Waals surface area contributed by atoms with Crippen molar-refractivity contribution in [2.75, 3.05) is 20.8 Å². The highest BCUT2D eigenvalue weighted by molar-refractivity contribution is 5.74. The second-order valence-corrected chi connectivity index (χ2v) is 8.12. The number of carbonyl (C=O) groups excluding carboxylic acids is 1. The molecule has 0 radical (unpaired) electrons. The van der Waals surface area contributed by atoms with E-state index in [2.05, 4.69) is 58.9 Å². The van der Waals surface area contributed by atoms with E-state index in [4.69, 9.17) is 9.47 Å². The molecule has 0 aromatic heterocycles. The summed E-state index contributed by atoms with van der Waals surface area (Å²) in [5.74, 6) is 1.45. The zero-order chi connectivity index (χ0) is 21.7. The maximum absolute atomic E-state index is 12.4. The van der Waals surface area contributed by atoms with Gasteiger partial charge in [0.15, 0.2) is 11.5 Å². The van der Waals surface area contributed by atoms with Gasteiger partial charge < -0.3 is 20.1 Å². The fraction of sp³-hybridized carbons (Fsp3) is 0.458. The summed E-state index contributed by atoms with van der Waals surface area (Å²) >= 11 is 0. The van der Waals surface area contributed by atoms with E-state index in [-0.39, 0.29) is 24.2 Å². The number of urea groups is 1. The number of amides is 2. The summed E-state index contributed by atoms with van der Waals surface area (Å²) in [6, 6.07) is 14.4. The maximum atomic E-state index is 12.4. The van der Waals surface area contributed by atoms with Crippen LogP contribution in [-0.4, -0.2) is 43.8 Å². The van der Waals surface area contributed by atoms with Crippen molar-refractivity contribution in [2.24, 2.45) is 0 Å². The van der Waals surface area contributed by atoms with Crippen LogP contribution in [0.25, 0.3) is 0 Å². The molecule has 3 rings (SSSR count). The van der Waals surface area contributed by atoms with Crippen molar-refractivity contribution >= 4 is 6.03 Å². The molecule has 2 aromatic rings. The van der Waals surface area contributed by atoms with E-state index in [1.165, 1.54) is 16.7 Å². The van der Waals surface area contributed by atoms with Crippen LogP contribution in [0.15, 0.2) is 42.5 Å². The highest BCUT2D eigenvalue weighted by Gasteiger charge is 2.33. The third-order valence-electron chi connectivity index (χ3n) is 5.51. The lowest BCUT2D eigenvalue weighted by Gasteiger charge is -2.41. The average Bonchev–Trinajstić information content (AvgIpc) is 2.72. The zero-order valence-corrected chi connectivity index (χ0v) is 18.6. The van der Waals surface area contributed by atoms with Gasteiger partial charge in [0.05, 0.1) is 20.3 Å². The number of fused-ring (bicyclic) bond motifs is 1. The van der Waals surface area contributed by atoms with E-state index >= 15 is 0 Å². The van der Waals surface area contributed by atoms with Crippen molar-refractivity contribution in [2.45, 2.75) is 51.9 Å². The number of carbonyl (C=O) groups is 1. The van der Waals surface area contributed by atoms with Gasteiger partial charge in [-0.15, -0.1) is 0 Å². The molecule has 6 nitrogen and oxygen atoms in total. The molecule has 2 amide bonds. The van der Waals surface area contributed by atoms with Gasteiger partial charge in [-0.3, -0.25) is 4.90 Å². The van der Waals surface area contributed by atoms with Crippen molar-refractivity contribution in [1.82, 2.24) is 15.5 Å². The molecule has 0 aliphatic carbocycles. The molecule has 0 saturated carbocycles. The molecule has 1 aliphatic heterocycles. The fourth-order valence-electron chi connectivity index (χ4n) is 4.20. The van der Waals surface area contributed by atoms with Crippen LogP contribution in [0.4, 0.5) is 4.79 Å². The summed E-state index contributed by atoms with van der Waals surface area (Å²) in [4.78, 5) is 14.9. The van der Waals surface area contributed by atoms with Gasteiger partial charge >= 0.3 is 6.03 Å². The summed E-state index contributed by atoms with van der Waals surface area (Å²) in [6.45, 7) is 7.70. The van der Waals surface area contributed by atoms with Crippen LogP contribution >= 0.6 is 0 Å². The first-order valence-electron chi connectivity index (χ1n) is 10.5. The first-order valence-corrected chi connectivity index (χ1v) is 10.5. The number of ether oxygens (including phenoxy) is 2. The first-order chi connectivity index (χ1) is 14.4. The van der Waals surface area contributed by atoms with Crippen LogP contribution in [0.2, 0.25) is 0 Å². The van der Waals surface area contributed by atoms with Crippen molar-refractivity contribution in [3.8, 4) is 11.5 Å². The van der Waals surface area contributed by atoms with Gasteiger partial charge in [0.2, 0.25) is 0 Å². The quantitative estimate of drug-likeness (QED) is 0.725. The molecule has 2 N–H and O–H groups in total. The Hall–Kier alpha value is -2.73. The summed E-state index contributed by atoms with van der Waals surface area (Å²) in [6.07, 6.45) is 0.921. The van der Waals surface area contributed by atoms with E-state index in [0.717, 1.165) is 25.3 Å². The summed E-state index contributed by atoms with van der Waals surface area (Å²) in [7, 11) is 3.31. The number of benzene rings is 2. The molecule has 2 atom stereocenters. The Kier molecular flexibility index (Phi) is 7.21. The van der Waals surface area contributed by atoms with Gasteiger partial charge in [0.25, 0.3) is 0 Å². The average molecular weight is 412 g/mol. The van der Waals surface area contributed by atoms with Crippen LogP contribution in [0.5, 0.6) is 11.5 Å². The number of nitrogens with zero attached hydrogens (tertiary/aromatic N) is 1. The summed E-state index contributed by atoms with van der Waals surface area (Å²) in [5.41, 5.74) is 3.66. The Morgan fingerprint density at radius 3 is 2.37 bits per heavy atom. The number of hydrogen-bond donors (Lipinski definition) is 2. The van der Waals surface area contributed by atoms with Crippen LogP contribution in [-0.2, 0) is 13.0 Å². The molecule has 1 heterocycles. The van der Waals surface area contributed by atoms with E-state index in [9.17, 15) is 4.79 Å². The zero-order valence-electron chi connectivity index (χ0n) is 18.6. The lowest BCUT2D eigenvalue weighted by molar-refractivity contribution is 0.143. The fourth-order valence-corrected chi connectivity index (χ4v) is 4.20. The summed E-state index contributed by atoms with van der Waals surface area (Å²) in [5, 5.41) is 6.07. The molecule has 6 heteroatoms. The lowest BCUT2D eigenvalue weighted by Crippen LogP contribution is -2.50. The minimum atomic E-state index is -0.148. The van der Waals surface area contributed by atoms with Crippen LogP contribution in [0.1, 0.15) is 43.5 Å². The number of rotatable bonds is 7. The second-order valence-electron chi connectivity index (χ2n) is 8.12. The Morgan fingerprint density at radius 2 is 1.73 bits per heavy atom. The van der Waals surface area contributed by atoms with Gasteiger partial charge in [-0.1, -0.05) is 30.3 Å². The molecular formula is C24H33N3O3. The molecule has 1 aliphatic rings. The van der Waals surface area contributed by atoms with Crippen LogP contribution in [0, 0.1) is 0 Å². The van der Waals surface area contributed by atoms with Crippen LogP contribution in [0.3, 0.4) is 0 Å². The number of hydrogen-bond acceptors (Lipinski definition) is 4. The Bertz CT molecular complexity index is 854. The second kappa shape index (κ2) is 9.85. The third-order valence-corrected chi connectivity index (χ3v) is 5.51. The van der Waals surface area contributed by atoms with Gasteiger partial charge in [-0.05, 0) is 56.0 Å². The molecular weight excluding hydrogens is 378 g/mol. The molecule has 162 valence electrons. The Morgan fingerprint density at radius 1 is 1.07 bits per heavy atom. The normalized spacial score (nSPS) is 17.2. The topological polar surface area (TPSA) is 62.8 Å². The van der Waals surface area contributed by atoms with Gasteiger partial charge in [-0.2, -0.15) is 0 Å². The van der Waals surface area contributed by atoms with Gasteiger partial charge in [0, 0.05) is 25.2 Å². The Balaban J connectivity index is 1.95. The highest BCUT2D eigenvalue weighted by Crippen LogP contribution is 2.40. The van der Waals surface area contributed by atoms with Crippen molar-refractivity contribution in [3.63, 3.8) is 0 Å². The molecule has 0 unspecified atom stereocenters. The number of methoxy groups -OCH3 is 2. The van der Waals surface area contributed by atoms with Crippen molar-refractivity contribution < 1.29 is 14.3 Å². The van der Waals surface area contributed by atoms with Crippen LogP contribution < -0.4 is 20.1 Å². The van der Waals surface area contributed by atoms with E-state index < -0.39 is 0 Å². The smallest absolute Gasteiger partial charge is 0.315 e. The molecule has 0 spiro atoms. The minimum absolute atomic E-state index is 0.0201. The van der Waals surface area contributed by atoms with E-state index in [0.29, 0.717) is 5.75 Å². The molecule has 30 heavy (non-hydrogen) atoms. The number of nitrogens with one attached hydrogen (secondary N) is 2. The Labute approximate surface area is 179 Å². The molecule has 0 bridgehead atoms. The SMILES string of the molecule is COc1cc2c(cc1OC)[C@H]([C@@H](C)NC(=O)NC(C)C)N(Cc1ccccc1)CC2. The monoisotopic (exact) mass is 411 g/mol. The highest BCUT2D eigenvalue weighted by atomic mass is 16.5.